The van der Waals surface area contributed by atoms with Gasteiger partial charge >= 0.3 is 16.1 Å². The second kappa shape index (κ2) is 5.79. The van der Waals surface area contributed by atoms with Crippen LogP contribution in [0.5, 0.6) is 0 Å². The number of hydrogen-bond donors (Lipinski definition) is 1. The monoisotopic (exact) mass is 257 g/mol. The van der Waals surface area contributed by atoms with Gasteiger partial charge in [-0.1, -0.05) is 18.2 Å². The second-order valence-corrected chi connectivity index (χ2v) is 5.08. The quantitative estimate of drug-likeness (QED) is 0.794. The summed E-state index contributed by atoms with van der Waals surface area (Å²) in [5.41, 5.74) is 5.76. The minimum absolute atomic E-state index is 0.00160. The highest BCUT2D eigenvalue weighted by atomic mass is 32.2. The SMILES string of the molecule is Cc1ccccc1S(=O)(=O)OC(=O)CCCN. The van der Waals surface area contributed by atoms with Gasteiger partial charge in [-0.05, 0) is 31.5 Å². The Balaban J connectivity index is 2.83. The summed E-state index contributed by atoms with van der Waals surface area (Å²) in [6.07, 6.45) is 0.406. The van der Waals surface area contributed by atoms with E-state index in [1.54, 1.807) is 25.1 Å². The standard InChI is InChI=1S/C11H15NO4S/c1-9-5-2-3-6-10(9)17(14,15)16-11(13)7-4-8-12/h2-3,5-6H,4,7-8,12H2,1H3. The van der Waals surface area contributed by atoms with Crippen LogP contribution >= 0.6 is 0 Å². The van der Waals surface area contributed by atoms with Crippen LogP contribution in [0.25, 0.3) is 0 Å². The zero-order chi connectivity index (χ0) is 12.9. The molecule has 1 aromatic carbocycles. The lowest BCUT2D eigenvalue weighted by atomic mass is 10.2. The molecule has 1 aromatic rings. The molecule has 0 aromatic heterocycles. The molecule has 0 atom stereocenters. The summed E-state index contributed by atoms with van der Waals surface area (Å²) in [4.78, 5) is 11.3. The van der Waals surface area contributed by atoms with E-state index in [2.05, 4.69) is 4.18 Å². The maximum absolute atomic E-state index is 11.8. The van der Waals surface area contributed by atoms with E-state index < -0.39 is 16.1 Å². The summed E-state index contributed by atoms with van der Waals surface area (Å²) in [5, 5.41) is 0. The van der Waals surface area contributed by atoms with Crippen LogP contribution in [0, 0.1) is 6.92 Å². The zero-order valence-electron chi connectivity index (χ0n) is 9.55. The number of benzene rings is 1. The van der Waals surface area contributed by atoms with E-state index >= 15 is 0 Å². The van der Waals surface area contributed by atoms with Gasteiger partial charge in [-0.25, -0.2) is 0 Å². The summed E-state index contributed by atoms with van der Waals surface area (Å²) in [6.45, 7) is 1.96. The lowest BCUT2D eigenvalue weighted by Crippen LogP contribution is -2.15. The minimum atomic E-state index is -4.01. The second-order valence-electron chi connectivity index (χ2n) is 3.57. The normalized spacial score (nSPS) is 11.2. The highest BCUT2D eigenvalue weighted by molar-refractivity contribution is 7.87. The number of carbonyl (C=O) groups is 1. The van der Waals surface area contributed by atoms with E-state index in [1.165, 1.54) is 6.07 Å². The molecule has 0 spiro atoms. The van der Waals surface area contributed by atoms with Crippen molar-refractivity contribution < 1.29 is 17.4 Å². The van der Waals surface area contributed by atoms with Crippen LogP contribution < -0.4 is 5.73 Å². The third-order valence-corrected chi connectivity index (χ3v) is 3.55. The summed E-state index contributed by atoms with van der Waals surface area (Å²) >= 11 is 0. The summed E-state index contributed by atoms with van der Waals surface area (Å²) in [5.74, 6) is -0.779. The van der Waals surface area contributed by atoms with Crippen LogP contribution in [-0.2, 0) is 19.1 Å². The fraction of sp³-hybridized carbons (Fsp3) is 0.364. The molecule has 94 valence electrons. The number of hydrogen-bond acceptors (Lipinski definition) is 5. The molecule has 6 heteroatoms. The molecule has 0 aliphatic rings. The summed E-state index contributed by atoms with van der Waals surface area (Å²) in [6, 6.07) is 6.33. The highest BCUT2D eigenvalue weighted by Crippen LogP contribution is 2.17. The molecule has 0 heterocycles. The first-order chi connectivity index (χ1) is 7.97. The van der Waals surface area contributed by atoms with Gasteiger partial charge in [0.1, 0.15) is 4.90 Å². The number of carbonyl (C=O) groups excluding carboxylic acids is 1. The van der Waals surface area contributed by atoms with Crippen molar-refractivity contribution in [2.45, 2.75) is 24.7 Å². The molecule has 0 fully saturated rings. The van der Waals surface area contributed by atoms with Gasteiger partial charge in [-0.2, -0.15) is 8.42 Å². The van der Waals surface area contributed by atoms with Crippen LogP contribution in [0.15, 0.2) is 29.2 Å². The van der Waals surface area contributed by atoms with Crippen LogP contribution in [0.1, 0.15) is 18.4 Å². The third-order valence-electron chi connectivity index (χ3n) is 2.15. The number of nitrogens with two attached hydrogens (primary N) is 1. The molecular weight excluding hydrogens is 242 g/mol. The van der Waals surface area contributed by atoms with Gasteiger partial charge < -0.3 is 9.92 Å². The Bertz CT molecular complexity index is 496. The van der Waals surface area contributed by atoms with Gasteiger partial charge in [0.15, 0.2) is 0 Å². The average Bonchev–Trinajstić information content (AvgIpc) is 2.26. The maximum atomic E-state index is 11.8. The van der Waals surface area contributed by atoms with E-state index in [4.69, 9.17) is 5.73 Å². The molecule has 0 radical (unpaired) electrons. The van der Waals surface area contributed by atoms with E-state index in [0.717, 1.165) is 0 Å². The first-order valence-electron chi connectivity index (χ1n) is 5.20. The fourth-order valence-corrected chi connectivity index (χ4v) is 2.42. The third kappa shape index (κ3) is 3.83. The molecule has 5 nitrogen and oxygen atoms in total. The largest absolute Gasteiger partial charge is 0.342 e. The van der Waals surface area contributed by atoms with E-state index in [-0.39, 0.29) is 11.3 Å². The molecule has 0 amide bonds. The molecule has 0 saturated heterocycles. The average molecular weight is 257 g/mol. The van der Waals surface area contributed by atoms with Gasteiger partial charge in [0, 0.05) is 6.42 Å². The van der Waals surface area contributed by atoms with Crippen LogP contribution in [0.2, 0.25) is 0 Å². The predicted octanol–water partition coefficient (Wildman–Crippen LogP) is 0.966. The highest BCUT2D eigenvalue weighted by Gasteiger charge is 2.21. The molecular formula is C11H15NO4S. The Hall–Kier alpha value is -1.40. The van der Waals surface area contributed by atoms with E-state index in [1.807, 2.05) is 0 Å². The lowest BCUT2D eigenvalue weighted by molar-refractivity contribution is -0.133. The van der Waals surface area contributed by atoms with Crippen LogP contribution in [0.4, 0.5) is 0 Å². The molecule has 0 bridgehead atoms. The molecule has 0 unspecified atom stereocenters. The van der Waals surface area contributed by atoms with Crippen molar-refractivity contribution in [1.29, 1.82) is 0 Å². The van der Waals surface area contributed by atoms with Crippen molar-refractivity contribution in [3.05, 3.63) is 29.8 Å². The Morgan fingerprint density at radius 1 is 1.35 bits per heavy atom. The van der Waals surface area contributed by atoms with Crippen molar-refractivity contribution in [2.24, 2.45) is 5.73 Å². The van der Waals surface area contributed by atoms with Crippen molar-refractivity contribution in [3.63, 3.8) is 0 Å². The Morgan fingerprint density at radius 3 is 2.59 bits per heavy atom. The van der Waals surface area contributed by atoms with Crippen molar-refractivity contribution in [3.8, 4) is 0 Å². The Morgan fingerprint density at radius 2 is 2.00 bits per heavy atom. The number of aryl methyl sites for hydroxylation is 1. The van der Waals surface area contributed by atoms with Gasteiger partial charge in [-0.3, -0.25) is 4.79 Å². The predicted molar refractivity (Wildman–Crippen MR) is 62.7 cm³/mol. The van der Waals surface area contributed by atoms with Crippen LogP contribution in [0.3, 0.4) is 0 Å². The van der Waals surface area contributed by atoms with Crippen molar-refractivity contribution in [1.82, 2.24) is 0 Å². The Labute approximate surface area is 101 Å². The molecule has 0 aliphatic carbocycles. The molecule has 17 heavy (non-hydrogen) atoms. The van der Waals surface area contributed by atoms with Crippen molar-refractivity contribution >= 4 is 16.1 Å². The molecule has 2 N–H and O–H groups in total. The summed E-state index contributed by atoms with van der Waals surface area (Å²) in [7, 11) is -4.01. The van der Waals surface area contributed by atoms with Crippen LogP contribution in [-0.4, -0.2) is 20.9 Å². The first-order valence-corrected chi connectivity index (χ1v) is 6.61. The van der Waals surface area contributed by atoms with Crippen molar-refractivity contribution in [2.75, 3.05) is 6.54 Å². The Kier molecular flexibility index (Phi) is 4.65. The summed E-state index contributed by atoms with van der Waals surface area (Å²) < 4.78 is 28.0. The van der Waals surface area contributed by atoms with E-state index in [9.17, 15) is 13.2 Å². The van der Waals surface area contributed by atoms with Gasteiger partial charge in [0.2, 0.25) is 0 Å². The van der Waals surface area contributed by atoms with Gasteiger partial charge in [0.25, 0.3) is 0 Å². The fourth-order valence-electron chi connectivity index (χ4n) is 1.29. The molecule has 1 rings (SSSR count). The molecule has 0 aliphatic heterocycles. The topological polar surface area (TPSA) is 86.5 Å². The zero-order valence-corrected chi connectivity index (χ0v) is 10.4. The lowest BCUT2D eigenvalue weighted by Gasteiger charge is -2.07. The van der Waals surface area contributed by atoms with Gasteiger partial charge in [0.05, 0.1) is 0 Å². The smallest absolute Gasteiger partial charge is 0.341 e. The minimum Gasteiger partial charge on any atom is -0.342 e. The number of rotatable bonds is 5. The first kappa shape index (κ1) is 13.7. The molecule has 0 saturated carbocycles. The maximum Gasteiger partial charge on any atom is 0.341 e. The van der Waals surface area contributed by atoms with Gasteiger partial charge in [-0.15, -0.1) is 0 Å². The van der Waals surface area contributed by atoms with E-state index in [0.29, 0.717) is 18.5 Å².